The molecule has 2 N–H and O–H groups in total. The minimum Gasteiger partial charge on any atom is -0.383 e. The van der Waals surface area contributed by atoms with E-state index in [1.54, 1.807) is 0 Å². The van der Waals surface area contributed by atoms with Crippen LogP contribution in [0.4, 0.5) is 5.82 Å². The molecule has 3 rings (SSSR count). The first-order valence-corrected chi connectivity index (χ1v) is 7.58. The third kappa shape index (κ3) is 2.21. The van der Waals surface area contributed by atoms with Crippen molar-refractivity contribution in [1.82, 2.24) is 9.55 Å². The van der Waals surface area contributed by atoms with E-state index >= 15 is 0 Å². The standard InChI is InChI=1S/C17H23N3/c1-4-20-16(18)15(19-17(20)11(2)3)14-7-5-6-13(10-14)12-8-9-12/h5-7,10-12H,4,8-9,18H2,1-3H3. The molecule has 106 valence electrons. The van der Waals surface area contributed by atoms with Crippen molar-refractivity contribution in [2.45, 2.75) is 52.0 Å². The normalized spacial score (nSPS) is 15.0. The molecule has 20 heavy (non-hydrogen) atoms. The third-order valence-corrected chi connectivity index (χ3v) is 4.08. The quantitative estimate of drug-likeness (QED) is 0.906. The zero-order chi connectivity index (χ0) is 14.3. The SMILES string of the molecule is CCn1c(C(C)C)nc(-c2cccc(C3CC3)c2)c1N. The second-order valence-corrected chi connectivity index (χ2v) is 6.00. The van der Waals surface area contributed by atoms with Crippen LogP contribution in [-0.4, -0.2) is 9.55 Å². The van der Waals surface area contributed by atoms with Crippen LogP contribution in [0, 0.1) is 0 Å². The molecular formula is C17H23N3. The second kappa shape index (κ2) is 4.97. The van der Waals surface area contributed by atoms with Crippen molar-refractivity contribution >= 4 is 5.82 Å². The van der Waals surface area contributed by atoms with Gasteiger partial charge in [-0.1, -0.05) is 32.0 Å². The summed E-state index contributed by atoms with van der Waals surface area (Å²) in [6.45, 7) is 7.32. The highest BCUT2D eigenvalue weighted by atomic mass is 15.1. The van der Waals surface area contributed by atoms with Gasteiger partial charge in [0.2, 0.25) is 0 Å². The molecule has 2 aromatic rings. The molecule has 1 aliphatic carbocycles. The summed E-state index contributed by atoms with van der Waals surface area (Å²) in [5.41, 5.74) is 9.85. The molecule has 0 amide bonds. The Morgan fingerprint density at radius 2 is 2.10 bits per heavy atom. The van der Waals surface area contributed by atoms with Crippen molar-refractivity contribution in [2.75, 3.05) is 5.73 Å². The van der Waals surface area contributed by atoms with Gasteiger partial charge in [0.1, 0.15) is 17.3 Å². The van der Waals surface area contributed by atoms with Gasteiger partial charge in [-0.05, 0) is 37.3 Å². The number of imidazole rings is 1. The number of nitrogen functional groups attached to an aromatic ring is 1. The van der Waals surface area contributed by atoms with Crippen molar-refractivity contribution < 1.29 is 0 Å². The van der Waals surface area contributed by atoms with Crippen LogP contribution in [0.15, 0.2) is 24.3 Å². The van der Waals surface area contributed by atoms with E-state index < -0.39 is 0 Å². The minimum atomic E-state index is 0.387. The maximum absolute atomic E-state index is 6.33. The lowest BCUT2D eigenvalue weighted by molar-refractivity contribution is 0.658. The molecule has 0 radical (unpaired) electrons. The molecule has 0 spiro atoms. The number of anilines is 1. The molecule has 1 aromatic carbocycles. The average molecular weight is 269 g/mol. The van der Waals surface area contributed by atoms with E-state index in [1.165, 1.54) is 18.4 Å². The summed E-state index contributed by atoms with van der Waals surface area (Å²) in [6.07, 6.45) is 2.64. The Labute approximate surface area is 120 Å². The Balaban J connectivity index is 2.07. The van der Waals surface area contributed by atoms with Crippen molar-refractivity contribution in [3.8, 4) is 11.3 Å². The highest BCUT2D eigenvalue weighted by Crippen LogP contribution is 2.41. The Kier molecular flexibility index (Phi) is 3.28. The van der Waals surface area contributed by atoms with Crippen LogP contribution in [0.1, 0.15) is 56.8 Å². The lowest BCUT2D eigenvalue weighted by atomic mass is 10.1. The molecule has 0 atom stereocenters. The van der Waals surface area contributed by atoms with Gasteiger partial charge < -0.3 is 10.3 Å². The van der Waals surface area contributed by atoms with E-state index in [4.69, 9.17) is 10.7 Å². The molecule has 1 aliphatic rings. The van der Waals surface area contributed by atoms with E-state index in [1.807, 2.05) is 0 Å². The van der Waals surface area contributed by atoms with E-state index in [0.717, 1.165) is 35.4 Å². The van der Waals surface area contributed by atoms with Gasteiger partial charge in [0.05, 0.1) is 0 Å². The van der Waals surface area contributed by atoms with Crippen LogP contribution in [0.2, 0.25) is 0 Å². The van der Waals surface area contributed by atoms with E-state index in [9.17, 15) is 0 Å². The molecule has 0 bridgehead atoms. The zero-order valence-electron chi connectivity index (χ0n) is 12.6. The Hall–Kier alpha value is -1.77. The van der Waals surface area contributed by atoms with Gasteiger partial charge in [0.15, 0.2) is 0 Å². The van der Waals surface area contributed by atoms with E-state index in [-0.39, 0.29) is 0 Å². The Morgan fingerprint density at radius 3 is 2.65 bits per heavy atom. The van der Waals surface area contributed by atoms with Crippen molar-refractivity contribution in [3.63, 3.8) is 0 Å². The topological polar surface area (TPSA) is 43.8 Å². The summed E-state index contributed by atoms with van der Waals surface area (Å²) in [5.74, 6) is 3.02. The highest BCUT2D eigenvalue weighted by Gasteiger charge is 2.24. The van der Waals surface area contributed by atoms with Gasteiger partial charge in [-0.2, -0.15) is 0 Å². The summed E-state index contributed by atoms with van der Waals surface area (Å²) in [4.78, 5) is 4.81. The van der Waals surface area contributed by atoms with Crippen LogP contribution < -0.4 is 5.73 Å². The molecule has 1 fully saturated rings. The van der Waals surface area contributed by atoms with Crippen molar-refractivity contribution in [3.05, 3.63) is 35.7 Å². The van der Waals surface area contributed by atoms with Gasteiger partial charge in [0, 0.05) is 18.0 Å². The number of aromatic nitrogens is 2. The number of nitrogens with zero attached hydrogens (tertiary/aromatic N) is 2. The number of rotatable bonds is 4. The smallest absolute Gasteiger partial charge is 0.131 e. The molecule has 0 saturated heterocycles. The summed E-state index contributed by atoms with van der Waals surface area (Å²) in [6, 6.07) is 8.73. The lowest BCUT2D eigenvalue weighted by Crippen LogP contribution is -2.06. The molecule has 0 unspecified atom stereocenters. The fourth-order valence-corrected chi connectivity index (χ4v) is 2.83. The second-order valence-electron chi connectivity index (χ2n) is 6.00. The fourth-order valence-electron chi connectivity index (χ4n) is 2.83. The minimum absolute atomic E-state index is 0.387. The predicted molar refractivity (Wildman–Crippen MR) is 83.8 cm³/mol. The van der Waals surface area contributed by atoms with E-state index in [0.29, 0.717) is 5.92 Å². The van der Waals surface area contributed by atoms with Gasteiger partial charge in [-0.25, -0.2) is 4.98 Å². The summed E-state index contributed by atoms with van der Waals surface area (Å²) in [5, 5.41) is 0. The van der Waals surface area contributed by atoms with Crippen molar-refractivity contribution in [2.24, 2.45) is 0 Å². The third-order valence-electron chi connectivity index (χ3n) is 4.08. The number of hydrogen-bond donors (Lipinski definition) is 1. The Bertz CT molecular complexity index is 621. The average Bonchev–Trinajstić information content (AvgIpc) is 3.22. The summed E-state index contributed by atoms with van der Waals surface area (Å²) in [7, 11) is 0. The predicted octanol–water partition coefficient (Wildman–Crippen LogP) is 4.15. The molecule has 3 heteroatoms. The largest absolute Gasteiger partial charge is 0.383 e. The van der Waals surface area contributed by atoms with Crippen LogP contribution in [-0.2, 0) is 6.54 Å². The van der Waals surface area contributed by atoms with Crippen LogP contribution in [0.3, 0.4) is 0 Å². The van der Waals surface area contributed by atoms with Crippen LogP contribution in [0.25, 0.3) is 11.3 Å². The van der Waals surface area contributed by atoms with Gasteiger partial charge >= 0.3 is 0 Å². The first-order valence-electron chi connectivity index (χ1n) is 7.58. The van der Waals surface area contributed by atoms with Crippen LogP contribution in [0.5, 0.6) is 0 Å². The number of hydrogen-bond acceptors (Lipinski definition) is 2. The molecule has 3 nitrogen and oxygen atoms in total. The van der Waals surface area contributed by atoms with E-state index in [2.05, 4.69) is 49.6 Å². The first kappa shape index (κ1) is 13.2. The summed E-state index contributed by atoms with van der Waals surface area (Å²) < 4.78 is 2.13. The zero-order valence-corrected chi connectivity index (χ0v) is 12.6. The molecule has 1 aromatic heterocycles. The highest BCUT2D eigenvalue weighted by molar-refractivity contribution is 5.72. The maximum Gasteiger partial charge on any atom is 0.131 e. The lowest BCUT2D eigenvalue weighted by Gasteiger charge is -2.08. The maximum atomic E-state index is 6.33. The monoisotopic (exact) mass is 269 g/mol. The molecule has 0 aliphatic heterocycles. The molecule has 1 saturated carbocycles. The number of benzene rings is 1. The molecular weight excluding hydrogens is 246 g/mol. The van der Waals surface area contributed by atoms with Gasteiger partial charge in [-0.3, -0.25) is 0 Å². The van der Waals surface area contributed by atoms with Crippen LogP contribution >= 0.6 is 0 Å². The van der Waals surface area contributed by atoms with Gasteiger partial charge in [-0.15, -0.1) is 0 Å². The molecule has 1 heterocycles. The first-order chi connectivity index (χ1) is 9.61. The summed E-state index contributed by atoms with van der Waals surface area (Å²) >= 11 is 0. The van der Waals surface area contributed by atoms with Crippen molar-refractivity contribution in [1.29, 1.82) is 0 Å². The Morgan fingerprint density at radius 1 is 1.35 bits per heavy atom. The fraction of sp³-hybridized carbons (Fsp3) is 0.471. The number of nitrogens with two attached hydrogens (primary N) is 1. The van der Waals surface area contributed by atoms with Gasteiger partial charge in [0.25, 0.3) is 0 Å².